The fraction of sp³-hybridized carbons (Fsp3) is 0.267. The van der Waals surface area contributed by atoms with Gasteiger partial charge in [0.1, 0.15) is 11.2 Å². The molecule has 0 amide bonds. The van der Waals surface area contributed by atoms with Crippen molar-refractivity contribution in [2.24, 2.45) is 0 Å². The lowest BCUT2D eigenvalue weighted by Crippen LogP contribution is -1.98. The second-order valence-corrected chi connectivity index (χ2v) is 5.74. The van der Waals surface area contributed by atoms with E-state index in [0.29, 0.717) is 0 Å². The van der Waals surface area contributed by atoms with Crippen LogP contribution in [0.15, 0.2) is 47.6 Å². The molecule has 104 valence electrons. The third kappa shape index (κ3) is 3.57. The number of nitro groups is 1. The summed E-state index contributed by atoms with van der Waals surface area (Å²) in [6.45, 7) is 4.04. The van der Waals surface area contributed by atoms with Crippen LogP contribution in [0.4, 0.5) is 5.69 Å². The van der Waals surface area contributed by atoms with Crippen molar-refractivity contribution in [1.82, 2.24) is 4.98 Å². The van der Waals surface area contributed by atoms with Crippen LogP contribution < -0.4 is 0 Å². The SMILES string of the molecule is CC(C)c1cc([N+](=O)[O-])cnc1SCc1ccccc1. The molecule has 0 unspecified atom stereocenters. The number of rotatable bonds is 5. The van der Waals surface area contributed by atoms with Gasteiger partial charge in [-0.05, 0) is 17.0 Å². The standard InChI is InChI=1S/C15H16N2O2S/c1-11(2)14-8-13(17(18)19)9-16-15(14)20-10-12-6-4-3-5-7-12/h3-9,11H,10H2,1-2H3. The van der Waals surface area contributed by atoms with Crippen molar-refractivity contribution in [2.75, 3.05) is 0 Å². The highest BCUT2D eigenvalue weighted by molar-refractivity contribution is 7.98. The minimum absolute atomic E-state index is 0.0535. The average Bonchev–Trinajstić information content (AvgIpc) is 2.45. The minimum atomic E-state index is -0.398. The van der Waals surface area contributed by atoms with Crippen molar-refractivity contribution in [2.45, 2.75) is 30.5 Å². The zero-order valence-electron chi connectivity index (χ0n) is 11.4. The number of pyridine rings is 1. The van der Waals surface area contributed by atoms with Gasteiger partial charge in [-0.1, -0.05) is 44.2 Å². The van der Waals surface area contributed by atoms with E-state index in [1.54, 1.807) is 17.8 Å². The molecule has 20 heavy (non-hydrogen) atoms. The van der Waals surface area contributed by atoms with Gasteiger partial charge in [0.15, 0.2) is 0 Å². The van der Waals surface area contributed by atoms with Crippen LogP contribution in [0.3, 0.4) is 0 Å². The predicted molar refractivity (Wildman–Crippen MR) is 81.0 cm³/mol. The fourth-order valence-corrected chi connectivity index (χ4v) is 2.90. The summed E-state index contributed by atoms with van der Waals surface area (Å²) in [5.74, 6) is 1.02. The molecular weight excluding hydrogens is 272 g/mol. The van der Waals surface area contributed by atoms with Crippen LogP contribution in [-0.4, -0.2) is 9.91 Å². The molecule has 0 saturated heterocycles. The van der Waals surface area contributed by atoms with Gasteiger partial charge in [0.2, 0.25) is 0 Å². The first-order valence-corrected chi connectivity index (χ1v) is 7.37. The van der Waals surface area contributed by atoms with E-state index in [2.05, 4.69) is 17.1 Å². The summed E-state index contributed by atoms with van der Waals surface area (Å²) in [5, 5.41) is 11.7. The largest absolute Gasteiger partial charge is 0.287 e. The van der Waals surface area contributed by atoms with Gasteiger partial charge in [0.25, 0.3) is 5.69 Å². The highest BCUT2D eigenvalue weighted by Gasteiger charge is 2.15. The zero-order valence-corrected chi connectivity index (χ0v) is 12.3. The first-order chi connectivity index (χ1) is 9.58. The van der Waals surface area contributed by atoms with E-state index >= 15 is 0 Å². The quantitative estimate of drug-likeness (QED) is 0.464. The number of aromatic nitrogens is 1. The molecule has 0 aliphatic rings. The van der Waals surface area contributed by atoms with E-state index in [0.717, 1.165) is 16.3 Å². The lowest BCUT2D eigenvalue weighted by atomic mass is 10.1. The molecule has 0 aliphatic heterocycles. The monoisotopic (exact) mass is 288 g/mol. The van der Waals surface area contributed by atoms with Crippen LogP contribution >= 0.6 is 11.8 Å². The highest BCUT2D eigenvalue weighted by atomic mass is 32.2. The molecule has 0 N–H and O–H groups in total. The van der Waals surface area contributed by atoms with Gasteiger partial charge in [-0.15, -0.1) is 11.8 Å². The lowest BCUT2D eigenvalue weighted by molar-refractivity contribution is -0.385. The first kappa shape index (κ1) is 14.5. The van der Waals surface area contributed by atoms with Crippen LogP contribution in [0.2, 0.25) is 0 Å². The maximum atomic E-state index is 10.8. The molecule has 1 heterocycles. The molecule has 1 aromatic heterocycles. The summed E-state index contributed by atoms with van der Waals surface area (Å²) in [4.78, 5) is 14.7. The van der Waals surface area contributed by atoms with E-state index in [4.69, 9.17) is 0 Å². The second kappa shape index (κ2) is 6.52. The first-order valence-electron chi connectivity index (χ1n) is 6.39. The van der Waals surface area contributed by atoms with Crippen LogP contribution in [0.5, 0.6) is 0 Å². The Bertz CT molecular complexity index is 600. The minimum Gasteiger partial charge on any atom is -0.258 e. The van der Waals surface area contributed by atoms with E-state index in [9.17, 15) is 10.1 Å². The third-order valence-corrected chi connectivity index (χ3v) is 4.01. The van der Waals surface area contributed by atoms with Gasteiger partial charge < -0.3 is 0 Å². The number of nitrogens with zero attached hydrogens (tertiary/aromatic N) is 2. The van der Waals surface area contributed by atoms with Crippen molar-refractivity contribution in [3.63, 3.8) is 0 Å². The molecule has 1 aromatic carbocycles. The Balaban J connectivity index is 2.20. The van der Waals surface area contributed by atoms with Crippen LogP contribution in [-0.2, 0) is 5.75 Å². The molecule has 0 radical (unpaired) electrons. The lowest BCUT2D eigenvalue weighted by Gasteiger charge is -2.11. The summed E-state index contributed by atoms with van der Waals surface area (Å²) in [7, 11) is 0. The van der Waals surface area contributed by atoms with Gasteiger partial charge in [-0.3, -0.25) is 10.1 Å². The molecule has 0 aliphatic carbocycles. The Morgan fingerprint density at radius 2 is 2.00 bits per heavy atom. The molecule has 5 heteroatoms. The summed E-state index contributed by atoms with van der Waals surface area (Å²) < 4.78 is 0. The fourth-order valence-electron chi connectivity index (χ4n) is 1.82. The van der Waals surface area contributed by atoms with Crippen molar-refractivity contribution in [1.29, 1.82) is 0 Å². The van der Waals surface area contributed by atoms with E-state index in [1.165, 1.54) is 11.8 Å². The molecule has 0 bridgehead atoms. The molecule has 0 spiro atoms. The summed E-state index contributed by atoms with van der Waals surface area (Å²) in [6.07, 6.45) is 1.33. The van der Waals surface area contributed by atoms with Gasteiger partial charge >= 0.3 is 0 Å². The Kier molecular flexibility index (Phi) is 4.74. The van der Waals surface area contributed by atoms with Gasteiger partial charge in [0.05, 0.1) is 4.92 Å². The van der Waals surface area contributed by atoms with Crippen molar-refractivity contribution in [3.8, 4) is 0 Å². The smallest absolute Gasteiger partial charge is 0.258 e. The van der Waals surface area contributed by atoms with Crippen molar-refractivity contribution >= 4 is 17.4 Å². The van der Waals surface area contributed by atoms with E-state index in [1.807, 2.05) is 32.0 Å². The second-order valence-electron chi connectivity index (χ2n) is 4.77. The zero-order chi connectivity index (χ0) is 14.5. The Morgan fingerprint density at radius 3 is 2.60 bits per heavy atom. The van der Waals surface area contributed by atoms with Crippen LogP contribution in [0.1, 0.15) is 30.9 Å². The predicted octanol–water partition coefficient (Wildman–Crippen LogP) is 4.41. The maximum absolute atomic E-state index is 10.8. The normalized spacial score (nSPS) is 10.8. The molecule has 4 nitrogen and oxygen atoms in total. The molecule has 0 saturated carbocycles. The van der Waals surface area contributed by atoms with Crippen LogP contribution in [0, 0.1) is 10.1 Å². The average molecular weight is 288 g/mol. The van der Waals surface area contributed by atoms with Gasteiger partial charge in [0, 0.05) is 11.8 Å². The van der Waals surface area contributed by atoms with Crippen molar-refractivity contribution < 1.29 is 4.92 Å². The van der Waals surface area contributed by atoms with E-state index < -0.39 is 4.92 Å². The number of hydrogen-bond donors (Lipinski definition) is 0. The molecule has 0 atom stereocenters. The van der Waals surface area contributed by atoms with Gasteiger partial charge in [-0.2, -0.15) is 0 Å². The Hall–Kier alpha value is -1.88. The summed E-state index contributed by atoms with van der Waals surface area (Å²) >= 11 is 1.62. The number of thioether (sulfide) groups is 1. The molecule has 0 fully saturated rings. The number of benzene rings is 1. The Labute approximate surface area is 122 Å². The summed E-state index contributed by atoms with van der Waals surface area (Å²) in [6, 6.07) is 11.7. The number of hydrogen-bond acceptors (Lipinski definition) is 4. The molecule has 2 aromatic rings. The topological polar surface area (TPSA) is 56.0 Å². The highest BCUT2D eigenvalue weighted by Crippen LogP contribution is 2.31. The van der Waals surface area contributed by atoms with E-state index in [-0.39, 0.29) is 11.6 Å². The van der Waals surface area contributed by atoms with Gasteiger partial charge in [-0.25, -0.2) is 4.98 Å². The maximum Gasteiger partial charge on any atom is 0.287 e. The third-order valence-electron chi connectivity index (χ3n) is 2.92. The van der Waals surface area contributed by atoms with Crippen LogP contribution in [0.25, 0.3) is 0 Å². The Morgan fingerprint density at radius 1 is 1.30 bits per heavy atom. The van der Waals surface area contributed by atoms with Crippen molar-refractivity contribution in [3.05, 3.63) is 63.8 Å². The molecule has 2 rings (SSSR count). The molecular formula is C15H16N2O2S. The summed E-state index contributed by atoms with van der Waals surface area (Å²) in [5.41, 5.74) is 2.20.